The van der Waals surface area contributed by atoms with E-state index in [2.05, 4.69) is 9.97 Å². The first kappa shape index (κ1) is 24.2. The number of aromatic nitrogens is 3. The number of hydrogen-bond donors (Lipinski definition) is 2. The van der Waals surface area contributed by atoms with Crippen molar-refractivity contribution in [2.75, 3.05) is 18.6 Å². The van der Waals surface area contributed by atoms with E-state index in [0.717, 1.165) is 21.6 Å². The van der Waals surface area contributed by atoms with Gasteiger partial charge in [-0.1, -0.05) is 0 Å². The molecule has 0 spiro atoms. The molecule has 0 aliphatic carbocycles. The first-order valence-electron chi connectivity index (χ1n) is 10.5. The van der Waals surface area contributed by atoms with E-state index in [9.17, 15) is 28.2 Å². The van der Waals surface area contributed by atoms with Crippen molar-refractivity contribution in [3.05, 3.63) is 76.6 Å². The summed E-state index contributed by atoms with van der Waals surface area (Å²) in [4.78, 5) is 22.9. The molecule has 0 atom stereocenters. The fourth-order valence-electron chi connectivity index (χ4n) is 3.66. The molecule has 4 aromatic rings. The summed E-state index contributed by atoms with van der Waals surface area (Å²) >= 11 is 0. The van der Waals surface area contributed by atoms with Crippen LogP contribution in [0.2, 0.25) is 0 Å². The maximum atomic E-state index is 13.1. The number of aliphatic hydroxyl groups excluding tert-OH is 1. The second-order valence-electron chi connectivity index (χ2n) is 7.52. The second-order valence-corrected chi connectivity index (χ2v) is 7.52. The number of nitrogens with zero attached hydrogens (tertiary/aromatic N) is 4. The van der Waals surface area contributed by atoms with Crippen LogP contribution < -0.4 is 15.2 Å². The van der Waals surface area contributed by atoms with Gasteiger partial charge < -0.3 is 14.9 Å². The lowest BCUT2D eigenvalue weighted by Crippen LogP contribution is -2.36. The largest absolute Gasteiger partial charge is 0.497 e. The van der Waals surface area contributed by atoms with Gasteiger partial charge in [0, 0.05) is 23.6 Å². The summed E-state index contributed by atoms with van der Waals surface area (Å²) in [5.74, 6) is 0.530. The van der Waals surface area contributed by atoms with Gasteiger partial charge in [-0.05, 0) is 61.5 Å². The maximum absolute atomic E-state index is 13.1. The number of pyridine rings is 1. The molecule has 2 heterocycles. The van der Waals surface area contributed by atoms with Crippen LogP contribution in [0.15, 0.2) is 65.5 Å². The molecule has 2 aromatic carbocycles. The van der Waals surface area contributed by atoms with Gasteiger partial charge in [0.25, 0.3) is 5.56 Å². The Bertz CT molecular complexity index is 1400. The molecule has 8 nitrogen and oxygen atoms in total. The number of ether oxygens (including phenoxy) is 1. The topological polar surface area (TPSA) is 101 Å². The Hall–Kier alpha value is -3.96. The zero-order chi connectivity index (χ0) is 25.3. The molecule has 0 fully saturated rings. The Morgan fingerprint density at radius 3 is 2.20 bits per heavy atom. The average molecular weight is 486 g/mol. The maximum Gasteiger partial charge on any atom is 0.416 e. The van der Waals surface area contributed by atoms with E-state index in [1.807, 2.05) is 0 Å². The lowest BCUT2D eigenvalue weighted by atomic mass is 10.1. The molecule has 0 radical (unpaired) electrons. The Morgan fingerprint density at radius 1 is 1.00 bits per heavy atom. The number of anilines is 1. The summed E-state index contributed by atoms with van der Waals surface area (Å²) in [5.41, 5.74) is -0.133. The van der Waals surface area contributed by atoms with E-state index >= 15 is 0 Å². The van der Waals surface area contributed by atoms with Crippen molar-refractivity contribution in [2.24, 2.45) is 0 Å². The third-order valence-electron chi connectivity index (χ3n) is 5.43. The molecule has 11 heteroatoms. The number of methoxy groups -OCH3 is 1. The fourth-order valence-corrected chi connectivity index (χ4v) is 3.66. The van der Waals surface area contributed by atoms with Gasteiger partial charge in [0.05, 0.1) is 24.1 Å². The summed E-state index contributed by atoms with van der Waals surface area (Å²) < 4.78 is 45.5. The minimum absolute atomic E-state index is 0.0768. The summed E-state index contributed by atoms with van der Waals surface area (Å²) in [6, 6.07) is 13.8. The first-order valence-corrected chi connectivity index (χ1v) is 10.5. The SMILES string of the molecule is CCN(c1nc(-c2ccc(OC)cc2)c2ccc(=O)n(-c3ccc(C(F)(F)F)cc3)c2n1)C(O)O. The minimum atomic E-state index is -4.53. The molecule has 4 rings (SSSR count). The lowest BCUT2D eigenvalue weighted by molar-refractivity contribution is -0.137. The van der Waals surface area contributed by atoms with Crippen molar-refractivity contribution < 1.29 is 28.1 Å². The van der Waals surface area contributed by atoms with Crippen LogP contribution in [0.1, 0.15) is 12.5 Å². The molecule has 35 heavy (non-hydrogen) atoms. The van der Waals surface area contributed by atoms with Gasteiger partial charge in [-0.15, -0.1) is 0 Å². The second kappa shape index (κ2) is 9.35. The zero-order valence-corrected chi connectivity index (χ0v) is 18.7. The monoisotopic (exact) mass is 486 g/mol. The lowest BCUT2D eigenvalue weighted by Gasteiger charge is -2.24. The molecule has 0 unspecified atom stereocenters. The van der Waals surface area contributed by atoms with Gasteiger partial charge in [0.2, 0.25) is 12.4 Å². The van der Waals surface area contributed by atoms with Gasteiger partial charge in [0.1, 0.15) is 5.75 Å². The molecule has 0 saturated carbocycles. The predicted octanol–water partition coefficient (Wildman–Crippen LogP) is 3.57. The standard InChI is InChI=1S/C24H21F3N4O4/c1-3-30(23(33)34)22-28-20(14-4-10-17(35-2)11-5-14)18-12-13-19(32)31(21(18)29-22)16-8-6-15(7-9-16)24(25,26)27/h4-13,23,33-34H,3H2,1-2H3. The highest BCUT2D eigenvalue weighted by molar-refractivity contribution is 5.92. The zero-order valence-electron chi connectivity index (χ0n) is 18.7. The number of hydrogen-bond acceptors (Lipinski definition) is 7. The van der Waals surface area contributed by atoms with Gasteiger partial charge in [-0.25, -0.2) is 4.98 Å². The third-order valence-corrected chi connectivity index (χ3v) is 5.43. The smallest absolute Gasteiger partial charge is 0.416 e. The first-order chi connectivity index (χ1) is 16.6. The predicted molar refractivity (Wildman–Crippen MR) is 123 cm³/mol. The summed E-state index contributed by atoms with van der Waals surface area (Å²) in [6.07, 6.45) is -6.45. The molecule has 0 bridgehead atoms. The number of aliphatic hydroxyl groups is 2. The molecular weight excluding hydrogens is 465 g/mol. The van der Waals surface area contributed by atoms with Crippen molar-refractivity contribution >= 4 is 17.0 Å². The Morgan fingerprint density at radius 2 is 1.66 bits per heavy atom. The molecule has 0 amide bonds. The number of rotatable bonds is 6. The van der Waals surface area contributed by atoms with Crippen LogP contribution >= 0.6 is 0 Å². The molecule has 0 aliphatic heterocycles. The molecule has 0 aliphatic rings. The normalized spacial score (nSPS) is 11.8. The van der Waals surface area contributed by atoms with Crippen LogP contribution in [0.4, 0.5) is 19.1 Å². The number of halogens is 3. The Labute approximate surface area is 197 Å². The van der Waals surface area contributed by atoms with E-state index in [4.69, 9.17) is 4.74 Å². The molecule has 182 valence electrons. The van der Waals surface area contributed by atoms with Crippen LogP contribution in [0, 0.1) is 0 Å². The number of alkyl halides is 3. The van der Waals surface area contributed by atoms with Crippen LogP contribution in [-0.2, 0) is 6.18 Å². The highest BCUT2D eigenvalue weighted by atomic mass is 19.4. The van der Waals surface area contributed by atoms with Crippen LogP contribution in [-0.4, -0.2) is 44.8 Å². The Kier molecular flexibility index (Phi) is 6.46. The van der Waals surface area contributed by atoms with Gasteiger partial charge in [-0.3, -0.25) is 14.3 Å². The van der Waals surface area contributed by atoms with Gasteiger partial charge >= 0.3 is 6.18 Å². The Balaban J connectivity index is 2.02. The van der Waals surface area contributed by atoms with Crippen molar-refractivity contribution in [3.63, 3.8) is 0 Å². The number of fused-ring (bicyclic) bond motifs is 1. The highest BCUT2D eigenvalue weighted by Gasteiger charge is 2.30. The molecular formula is C24H21F3N4O4. The molecule has 2 N–H and O–H groups in total. The van der Waals surface area contributed by atoms with Crippen LogP contribution in [0.5, 0.6) is 5.75 Å². The summed E-state index contributed by atoms with van der Waals surface area (Å²) in [7, 11) is 1.53. The van der Waals surface area contributed by atoms with E-state index < -0.39 is 23.7 Å². The minimum Gasteiger partial charge on any atom is -0.497 e. The van der Waals surface area contributed by atoms with Crippen LogP contribution in [0.25, 0.3) is 28.0 Å². The summed E-state index contributed by atoms with van der Waals surface area (Å²) in [5, 5.41) is 20.1. The van der Waals surface area contributed by atoms with E-state index in [1.165, 1.54) is 31.4 Å². The van der Waals surface area contributed by atoms with E-state index in [0.29, 0.717) is 22.4 Å². The third kappa shape index (κ3) is 4.68. The van der Waals surface area contributed by atoms with Crippen molar-refractivity contribution in [1.29, 1.82) is 0 Å². The van der Waals surface area contributed by atoms with Gasteiger partial charge in [0.15, 0.2) is 5.65 Å². The molecule has 2 aromatic heterocycles. The van der Waals surface area contributed by atoms with E-state index in [-0.39, 0.29) is 23.8 Å². The van der Waals surface area contributed by atoms with Gasteiger partial charge in [-0.2, -0.15) is 18.2 Å². The fraction of sp³-hybridized carbons (Fsp3) is 0.208. The van der Waals surface area contributed by atoms with Crippen molar-refractivity contribution in [2.45, 2.75) is 19.5 Å². The summed E-state index contributed by atoms with van der Waals surface area (Å²) in [6.45, 7) is 1.79. The van der Waals surface area contributed by atoms with Crippen LogP contribution in [0.3, 0.4) is 0 Å². The van der Waals surface area contributed by atoms with Crippen molar-refractivity contribution in [3.8, 4) is 22.7 Å². The quantitative estimate of drug-likeness (QED) is 0.402. The number of benzene rings is 2. The van der Waals surface area contributed by atoms with E-state index in [1.54, 1.807) is 31.2 Å². The molecule has 0 saturated heterocycles. The highest BCUT2D eigenvalue weighted by Crippen LogP contribution is 2.32. The average Bonchev–Trinajstić information content (AvgIpc) is 2.83. The van der Waals surface area contributed by atoms with Crippen molar-refractivity contribution in [1.82, 2.24) is 14.5 Å².